The molecule has 2 aliphatic carbocycles. The zero-order valence-electron chi connectivity index (χ0n) is 12.6. The summed E-state index contributed by atoms with van der Waals surface area (Å²) < 4.78 is 58.3. The van der Waals surface area contributed by atoms with Gasteiger partial charge >= 0.3 is 24.3 Å². The molecular formula is C15H20F4O4. The van der Waals surface area contributed by atoms with Crippen LogP contribution in [-0.4, -0.2) is 37.0 Å². The highest BCUT2D eigenvalue weighted by atomic mass is 19.3. The smallest absolute Gasteiger partial charge is 0.340 e. The molecule has 0 spiro atoms. The monoisotopic (exact) mass is 340 g/mol. The predicted octanol–water partition coefficient (Wildman–Crippen LogP) is 3.33. The first kappa shape index (κ1) is 18.0. The van der Waals surface area contributed by atoms with E-state index in [1.807, 2.05) is 0 Å². The molecule has 132 valence electrons. The van der Waals surface area contributed by atoms with Crippen molar-refractivity contribution >= 4 is 11.9 Å². The van der Waals surface area contributed by atoms with Gasteiger partial charge in [-0.15, -0.1) is 0 Å². The molecule has 0 aromatic carbocycles. The first-order chi connectivity index (χ1) is 10.8. The van der Waals surface area contributed by atoms with E-state index >= 15 is 0 Å². The summed E-state index contributed by atoms with van der Waals surface area (Å²) in [6, 6.07) is 0. The molecule has 2 rings (SSSR count). The Labute approximate surface area is 131 Å². The summed E-state index contributed by atoms with van der Waals surface area (Å²) in [6.45, 7) is -1.65. The minimum atomic E-state index is -4.35. The Kier molecular flexibility index (Phi) is 5.86. The van der Waals surface area contributed by atoms with Crippen LogP contribution < -0.4 is 0 Å². The van der Waals surface area contributed by atoms with Gasteiger partial charge in [0.05, 0.1) is 0 Å². The summed E-state index contributed by atoms with van der Waals surface area (Å²) in [7, 11) is 0. The van der Waals surface area contributed by atoms with Gasteiger partial charge in [0, 0.05) is 12.8 Å². The molecule has 0 aromatic heterocycles. The van der Waals surface area contributed by atoms with Gasteiger partial charge in [-0.2, -0.15) is 8.78 Å². The molecule has 0 amide bonds. The van der Waals surface area contributed by atoms with Gasteiger partial charge in [-0.05, 0) is 43.9 Å². The van der Waals surface area contributed by atoms with Crippen molar-refractivity contribution < 1.29 is 36.6 Å². The Hall–Kier alpha value is -1.34. The van der Waals surface area contributed by atoms with Crippen LogP contribution in [0.5, 0.6) is 0 Å². The van der Waals surface area contributed by atoms with Gasteiger partial charge in [0.1, 0.15) is 6.10 Å². The summed E-state index contributed by atoms with van der Waals surface area (Å²) in [4.78, 5) is 22.9. The van der Waals surface area contributed by atoms with Crippen molar-refractivity contribution in [3.8, 4) is 0 Å². The zero-order chi connectivity index (χ0) is 17.0. The van der Waals surface area contributed by atoms with E-state index in [4.69, 9.17) is 4.74 Å². The van der Waals surface area contributed by atoms with Crippen LogP contribution >= 0.6 is 0 Å². The Balaban J connectivity index is 1.57. The number of rotatable bonds is 8. The third kappa shape index (κ3) is 5.07. The molecular weight excluding hydrogens is 320 g/mol. The van der Waals surface area contributed by atoms with E-state index in [9.17, 15) is 27.2 Å². The number of esters is 2. The van der Waals surface area contributed by atoms with Crippen molar-refractivity contribution in [3.63, 3.8) is 0 Å². The van der Waals surface area contributed by atoms with Gasteiger partial charge in [0.2, 0.25) is 0 Å². The highest BCUT2D eigenvalue weighted by molar-refractivity contribution is 5.72. The highest BCUT2D eigenvalue weighted by Gasteiger charge is 2.42. The fourth-order valence-corrected chi connectivity index (χ4v) is 3.25. The fourth-order valence-electron chi connectivity index (χ4n) is 3.25. The third-order valence-corrected chi connectivity index (χ3v) is 4.46. The number of alkyl halides is 4. The van der Waals surface area contributed by atoms with E-state index in [1.165, 1.54) is 6.42 Å². The fraction of sp³-hybridized carbons (Fsp3) is 0.867. The minimum absolute atomic E-state index is 0.0196. The van der Waals surface area contributed by atoms with Crippen molar-refractivity contribution in [3.05, 3.63) is 0 Å². The van der Waals surface area contributed by atoms with Crippen LogP contribution in [0, 0.1) is 11.8 Å². The third-order valence-electron chi connectivity index (χ3n) is 4.46. The van der Waals surface area contributed by atoms with Crippen LogP contribution in [0.2, 0.25) is 0 Å². The number of ether oxygens (including phenoxy) is 2. The van der Waals surface area contributed by atoms with E-state index in [0.29, 0.717) is 11.8 Å². The van der Waals surface area contributed by atoms with Crippen LogP contribution in [0.3, 0.4) is 0 Å². The second-order valence-electron chi connectivity index (χ2n) is 6.28. The van der Waals surface area contributed by atoms with Crippen molar-refractivity contribution in [1.82, 2.24) is 0 Å². The van der Waals surface area contributed by atoms with Crippen LogP contribution in [0.4, 0.5) is 17.6 Å². The molecule has 2 saturated carbocycles. The standard InChI is InChI=1S/C15H20F4O4/c16-14(17)15(18,19)8-22-12(20)2-1-3-13(21)23-11-7-9-4-5-10(11)6-9/h9-11,14H,1-8H2. The normalized spacial score (nSPS) is 26.6. The maximum atomic E-state index is 12.6. The number of halogens is 4. The predicted molar refractivity (Wildman–Crippen MR) is 71.1 cm³/mol. The molecule has 3 unspecified atom stereocenters. The largest absolute Gasteiger partial charge is 0.462 e. The Morgan fingerprint density at radius 3 is 2.35 bits per heavy atom. The Morgan fingerprint density at radius 1 is 1.09 bits per heavy atom. The van der Waals surface area contributed by atoms with Gasteiger partial charge in [0.25, 0.3) is 0 Å². The topological polar surface area (TPSA) is 52.6 Å². The molecule has 0 aliphatic heterocycles. The average molecular weight is 340 g/mol. The molecule has 2 aliphatic rings. The number of hydrogen-bond acceptors (Lipinski definition) is 4. The molecule has 4 nitrogen and oxygen atoms in total. The molecule has 23 heavy (non-hydrogen) atoms. The zero-order valence-corrected chi connectivity index (χ0v) is 12.6. The van der Waals surface area contributed by atoms with Crippen LogP contribution in [0.15, 0.2) is 0 Å². The van der Waals surface area contributed by atoms with E-state index < -0.39 is 30.9 Å². The summed E-state index contributed by atoms with van der Waals surface area (Å²) >= 11 is 0. The average Bonchev–Trinajstić information content (AvgIpc) is 3.07. The quantitative estimate of drug-likeness (QED) is 0.502. The molecule has 0 aromatic rings. The summed E-state index contributed by atoms with van der Waals surface area (Å²) in [5.41, 5.74) is 0. The Bertz CT molecular complexity index is 441. The van der Waals surface area contributed by atoms with Crippen LogP contribution in [-0.2, 0) is 19.1 Å². The highest BCUT2D eigenvalue weighted by Crippen LogP contribution is 2.45. The van der Waals surface area contributed by atoms with E-state index in [0.717, 1.165) is 19.3 Å². The second-order valence-corrected chi connectivity index (χ2v) is 6.28. The lowest BCUT2D eigenvalue weighted by Gasteiger charge is -2.21. The minimum Gasteiger partial charge on any atom is -0.462 e. The van der Waals surface area contributed by atoms with E-state index in [1.54, 1.807) is 0 Å². The number of fused-ring (bicyclic) bond motifs is 2. The summed E-state index contributed by atoms with van der Waals surface area (Å²) in [5.74, 6) is -4.72. The van der Waals surface area contributed by atoms with Gasteiger partial charge in [-0.1, -0.05) is 0 Å². The van der Waals surface area contributed by atoms with Crippen LogP contribution in [0.1, 0.15) is 44.9 Å². The van der Waals surface area contributed by atoms with Gasteiger partial charge in [-0.25, -0.2) is 8.78 Å². The molecule has 0 N–H and O–H groups in total. The van der Waals surface area contributed by atoms with Crippen LogP contribution in [0.25, 0.3) is 0 Å². The van der Waals surface area contributed by atoms with Gasteiger partial charge in [-0.3, -0.25) is 9.59 Å². The molecule has 2 fully saturated rings. The first-order valence-corrected chi connectivity index (χ1v) is 7.79. The van der Waals surface area contributed by atoms with E-state index in [2.05, 4.69) is 4.74 Å². The molecule has 0 radical (unpaired) electrons. The number of carbonyl (C=O) groups is 2. The molecule has 3 atom stereocenters. The van der Waals surface area contributed by atoms with Gasteiger partial charge < -0.3 is 9.47 Å². The number of hydrogen-bond donors (Lipinski definition) is 0. The maximum Gasteiger partial charge on any atom is 0.340 e. The lowest BCUT2D eigenvalue weighted by Crippen LogP contribution is -2.33. The SMILES string of the molecule is O=C(CCCC(=O)OC1CC2CCC1C2)OCC(F)(F)C(F)F. The van der Waals surface area contributed by atoms with Crippen molar-refractivity contribution in [2.45, 2.75) is 63.4 Å². The lowest BCUT2D eigenvalue weighted by atomic mass is 9.98. The van der Waals surface area contributed by atoms with E-state index in [-0.39, 0.29) is 25.4 Å². The summed E-state index contributed by atoms with van der Waals surface area (Å²) in [6.07, 6.45) is 0.105. The van der Waals surface area contributed by atoms with Crippen molar-refractivity contribution in [1.29, 1.82) is 0 Å². The second kappa shape index (κ2) is 7.49. The first-order valence-electron chi connectivity index (χ1n) is 7.79. The lowest BCUT2D eigenvalue weighted by molar-refractivity contribution is -0.179. The molecule has 0 saturated heterocycles. The molecule has 0 heterocycles. The van der Waals surface area contributed by atoms with Crippen molar-refractivity contribution in [2.75, 3.05) is 6.61 Å². The summed E-state index contributed by atoms with van der Waals surface area (Å²) in [5, 5.41) is 0. The number of carbonyl (C=O) groups excluding carboxylic acids is 2. The maximum absolute atomic E-state index is 12.6. The Morgan fingerprint density at radius 2 is 1.78 bits per heavy atom. The molecule has 2 bridgehead atoms. The van der Waals surface area contributed by atoms with Gasteiger partial charge in [0.15, 0.2) is 6.61 Å². The van der Waals surface area contributed by atoms with Crippen molar-refractivity contribution in [2.24, 2.45) is 11.8 Å². The molecule has 8 heteroatoms.